The number of nitrogens with zero attached hydrogens (tertiary/aromatic N) is 4. The molecule has 0 saturated carbocycles. The van der Waals surface area contributed by atoms with Crippen molar-refractivity contribution in [1.29, 1.82) is 0 Å². The maximum absolute atomic E-state index is 8.39. The summed E-state index contributed by atoms with van der Waals surface area (Å²) >= 11 is 3.48. The number of azide groups is 1. The van der Waals surface area contributed by atoms with E-state index in [1.165, 1.54) is 10.3 Å². The Balaban J connectivity index is 1.45. The van der Waals surface area contributed by atoms with Crippen molar-refractivity contribution in [1.82, 2.24) is 4.98 Å². The van der Waals surface area contributed by atoms with E-state index in [0.717, 1.165) is 15.6 Å². The summed E-state index contributed by atoms with van der Waals surface area (Å²) in [7, 11) is 0. The maximum atomic E-state index is 8.39. The predicted molar refractivity (Wildman–Crippen MR) is 97.3 cm³/mol. The molecule has 0 aliphatic carbocycles. The number of para-hydroxylation sites is 1. The van der Waals surface area contributed by atoms with Gasteiger partial charge in [0.2, 0.25) is 0 Å². The van der Waals surface area contributed by atoms with Crippen molar-refractivity contribution in [2.24, 2.45) is 5.11 Å². The highest BCUT2D eigenvalue weighted by atomic mass is 32.2. The molecule has 2 aromatic rings. The minimum atomic E-state index is -0.252. The monoisotopic (exact) mass is 362 g/mol. The third kappa shape index (κ3) is 4.72. The SMILES string of the molecule is CC(=CCC1OCC(N=[N+]=[N-])CO1)CSc1nc2ccccc2s1. The number of hydrogen-bond acceptors (Lipinski definition) is 6. The second-order valence-electron chi connectivity index (χ2n) is 5.48. The second-order valence-corrected chi connectivity index (χ2v) is 7.73. The van der Waals surface area contributed by atoms with Crippen LogP contribution in [0, 0.1) is 0 Å². The number of fused-ring (bicyclic) bond motifs is 1. The average molecular weight is 362 g/mol. The molecule has 1 saturated heterocycles. The lowest BCUT2D eigenvalue weighted by Gasteiger charge is -2.26. The molecule has 126 valence electrons. The Morgan fingerprint density at radius 1 is 1.46 bits per heavy atom. The van der Waals surface area contributed by atoms with Crippen LogP contribution in [0.1, 0.15) is 13.3 Å². The zero-order valence-electron chi connectivity index (χ0n) is 13.3. The number of rotatable bonds is 6. The minimum absolute atomic E-state index is 0.217. The zero-order chi connectivity index (χ0) is 16.8. The van der Waals surface area contributed by atoms with Crippen molar-refractivity contribution in [2.75, 3.05) is 19.0 Å². The highest BCUT2D eigenvalue weighted by Crippen LogP contribution is 2.30. The number of aromatic nitrogens is 1. The van der Waals surface area contributed by atoms with Crippen LogP contribution in [-0.4, -0.2) is 36.3 Å². The van der Waals surface area contributed by atoms with Crippen molar-refractivity contribution in [3.05, 3.63) is 46.4 Å². The smallest absolute Gasteiger partial charge is 0.161 e. The molecule has 0 atom stereocenters. The molecule has 1 fully saturated rings. The topological polar surface area (TPSA) is 80.1 Å². The van der Waals surface area contributed by atoms with Gasteiger partial charge in [-0.25, -0.2) is 4.98 Å². The highest BCUT2D eigenvalue weighted by Gasteiger charge is 2.20. The molecular formula is C16H18N4O2S2. The van der Waals surface area contributed by atoms with Gasteiger partial charge in [0.1, 0.15) is 0 Å². The number of ether oxygens (including phenoxy) is 2. The Kier molecular flexibility index (Phi) is 6.12. The van der Waals surface area contributed by atoms with Crippen LogP contribution in [0.25, 0.3) is 20.7 Å². The normalized spacial score (nSPS) is 21.6. The predicted octanol–water partition coefficient (Wildman–Crippen LogP) is 4.78. The minimum Gasteiger partial charge on any atom is -0.352 e. The van der Waals surface area contributed by atoms with E-state index in [1.807, 2.05) is 18.2 Å². The summed E-state index contributed by atoms with van der Waals surface area (Å²) < 4.78 is 13.4. The molecule has 2 heterocycles. The first-order valence-corrected chi connectivity index (χ1v) is 9.46. The summed E-state index contributed by atoms with van der Waals surface area (Å²) in [6.07, 6.45) is 2.59. The molecule has 3 rings (SSSR count). The summed E-state index contributed by atoms with van der Waals surface area (Å²) in [5.74, 6) is 0.897. The molecule has 6 nitrogen and oxygen atoms in total. The summed E-state index contributed by atoms with van der Waals surface area (Å²) in [5, 5.41) is 3.60. The number of hydrogen-bond donors (Lipinski definition) is 0. The number of thiazole rings is 1. The van der Waals surface area contributed by atoms with Gasteiger partial charge >= 0.3 is 0 Å². The van der Waals surface area contributed by atoms with E-state index in [9.17, 15) is 0 Å². The molecule has 0 radical (unpaired) electrons. The van der Waals surface area contributed by atoms with E-state index in [1.54, 1.807) is 23.1 Å². The zero-order valence-corrected chi connectivity index (χ0v) is 14.9. The standard InChI is InChI=1S/C16H18N4O2S2/c1-11(6-7-15-21-8-12(9-22-15)19-20-17)10-23-16-18-13-4-2-3-5-14(13)24-16/h2-6,12,15H,7-10H2,1H3. The van der Waals surface area contributed by atoms with E-state index in [-0.39, 0.29) is 12.3 Å². The highest BCUT2D eigenvalue weighted by molar-refractivity contribution is 8.01. The third-order valence-corrected chi connectivity index (χ3v) is 5.89. The van der Waals surface area contributed by atoms with Crippen LogP contribution < -0.4 is 0 Å². The summed E-state index contributed by atoms with van der Waals surface area (Å²) in [4.78, 5) is 7.40. The average Bonchev–Trinajstić information content (AvgIpc) is 3.02. The maximum Gasteiger partial charge on any atom is 0.161 e. The van der Waals surface area contributed by atoms with Gasteiger partial charge in [-0.1, -0.05) is 40.7 Å². The van der Waals surface area contributed by atoms with Crippen LogP contribution in [0.4, 0.5) is 0 Å². The molecular weight excluding hydrogens is 344 g/mol. The fourth-order valence-electron chi connectivity index (χ4n) is 2.25. The third-order valence-electron chi connectivity index (χ3n) is 3.52. The van der Waals surface area contributed by atoms with E-state index in [2.05, 4.69) is 34.1 Å². The first-order valence-electron chi connectivity index (χ1n) is 7.66. The lowest BCUT2D eigenvalue weighted by atomic mass is 10.2. The lowest BCUT2D eigenvalue weighted by molar-refractivity contribution is -0.182. The van der Waals surface area contributed by atoms with Gasteiger partial charge in [0.05, 0.1) is 29.5 Å². The lowest BCUT2D eigenvalue weighted by Crippen LogP contribution is -2.34. The molecule has 24 heavy (non-hydrogen) atoms. The molecule has 0 N–H and O–H groups in total. The Morgan fingerprint density at radius 2 is 2.25 bits per heavy atom. The Morgan fingerprint density at radius 3 is 3.00 bits per heavy atom. The largest absolute Gasteiger partial charge is 0.352 e. The first kappa shape index (κ1) is 17.3. The molecule has 0 amide bonds. The molecule has 1 aliphatic rings. The quantitative estimate of drug-likeness (QED) is 0.243. The van der Waals surface area contributed by atoms with Crippen LogP contribution in [-0.2, 0) is 9.47 Å². The molecule has 0 spiro atoms. The van der Waals surface area contributed by atoms with Gasteiger partial charge in [-0.05, 0) is 24.6 Å². The van der Waals surface area contributed by atoms with Crippen molar-refractivity contribution in [3.63, 3.8) is 0 Å². The van der Waals surface area contributed by atoms with Crippen LogP contribution >= 0.6 is 23.1 Å². The molecule has 1 aromatic heterocycles. The van der Waals surface area contributed by atoms with Crippen LogP contribution in [0.5, 0.6) is 0 Å². The van der Waals surface area contributed by atoms with Gasteiger partial charge in [0, 0.05) is 17.1 Å². The molecule has 1 aromatic carbocycles. The van der Waals surface area contributed by atoms with Gasteiger partial charge in [-0.3, -0.25) is 0 Å². The van der Waals surface area contributed by atoms with Crippen molar-refractivity contribution < 1.29 is 9.47 Å². The first-order chi connectivity index (χ1) is 11.7. The van der Waals surface area contributed by atoms with E-state index >= 15 is 0 Å². The molecule has 8 heteroatoms. The fraction of sp³-hybridized carbons (Fsp3) is 0.438. The van der Waals surface area contributed by atoms with Gasteiger partial charge in [-0.15, -0.1) is 11.3 Å². The Hall–Kier alpha value is -1.57. The van der Waals surface area contributed by atoms with Crippen molar-refractivity contribution >= 4 is 33.3 Å². The van der Waals surface area contributed by atoms with Gasteiger partial charge in [0.25, 0.3) is 0 Å². The number of thioether (sulfide) groups is 1. The molecule has 1 aliphatic heterocycles. The van der Waals surface area contributed by atoms with E-state index < -0.39 is 0 Å². The van der Waals surface area contributed by atoms with Gasteiger partial charge in [0.15, 0.2) is 10.6 Å². The second kappa shape index (κ2) is 8.50. The van der Waals surface area contributed by atoms with Gasteiger partial charge in [-0.2, -0.15) is 0 Å². The van der Waals surface area contributed by atoms with Crippen LogP contribution in [0.15, 0.2) is 45.4 Å². The molecule has 0 unspecified atom stereocenters. The van der Waals surface area contributed by atoms with Crippen molar-refractivity contribution in [2.45, 2.75) is 30.0 Å². The Labute approximate surface area is 148 Å². The van der Waals surface area contributed by atoms with E-state index in [0.29, 0.717) is 19.6 Å². The Bertz CT molecular complexity index is 729. The van der Waals surface area contributed by atoms with Gasteiger partial charge < -0.3 is 9.47 Å². The van der Waals surface area contributed by atoms with Crippen molar-refractivity contribution in [3.8, 4) is 0 Å². The summed E-state index contributed by atoms with van der Waals surface area (Å²) in [6, 6.07) is 7.97. The summed E-state index contributed by atoms with van der Waals surface area (Å²) in [5.41, 5.74) is 10.7. The molecule has 0 bridgehead atoms. The van der Waals surface area contributed by atoms with Crippen LogP contribution in [0.3, 0.4) is 0 Å². The van der Waals surface area contributed by atoms with Crippen LogP contribution in [0.2, 0.25) is 0 Å². The van der Waals surface area contributed by atoms with E-state index in [4.69, 9.17) is 15.0 Å². The summed E-state index contributed by atoms with van der Waals surface area (Å²) in [6.45, 7) is 2.94. The number of benzene rings is 1. The fourth-order valence-corrected chi connectivity index (χ4v) is 4.26.